The third kappa shape index (κ3) is 3.99. The van der Waals surface area contributed by atoms with Crippen LogP contribution in [0.15, 0.2) is 29.2 Å². The summed E-state index contributed by atoms with van der Waals surface area (Å²) in [7, 11) is -3.23. The first kappa shape index (κ1) is 15.9. The van der Waals surface area contributed by atoms with Crippen LogP contribution in [0.2, 0.25) is 4.47 Å². The summed E-state index contributed by atoms with van der Waals surface area (Å²) >= 11 is 6.62. The van der Waals surface area contributed by atoms with Crippen molar-refractivity contribution in [2.24, 2.45) is 0 Å². The van der Waals surface area contributed by atoms with Gasteiger partial charge in [0.25, 0.3) is 5.91 Å². The first-order valence-corrected chi connectivity index (χ1v) is 8.96. The Balaban J connectivity index is 2.10. The van der Waals surface area contributed by atoms with Crippen molar-refractivity contribution in [2.45, 2.75) is 17.9 Å². The van der Waals surface area contributed by atoms with Crippen molar-refractivity contribution in [1.29, 1.82) is 0 Å². The number of nitrogens with one attached hydrogen (secondary N) is 1. The molecule has 0 spiro atoms. The van der Waals surface area contributed by atoms with Crippen molar-refractivity contribution in [3.63, 3.8) is 0 Å². The number of rotatable bonds is 4. The van der Waals surface area contributed by atoms with Gasteiger partial charge < -0.3 is 5.32 Å². The van der Waals surface area contributed by atoms with Gasteiger partial charge in [0.1, 0.15) is 0 Å². The van der Waals surface area contributed by atoms with Gasteiger partial charge in [0.15, 0.2) is 9.84 Å². The smallest absolute Gasteiger partial charge is 0.282 e. The van der Waals surface area contributed by atoms with E-state index in [1.807, 2.05) is 0 Å². The maximum absolute atomic E-state index is 11.9. The van der Waals surface area contributed by atoms with Gasteiger partial charge in [-0.25, -0.2) is 8.42 Å². The number of sulfone groups is 1. The van der Waals surface area contributed by atoms with E-state index in [9.17, 15) is 13.2 Å². The maximum atomic E-state index is 11.9. The van der Waals surface area contributed by atoms with Gasteiger partial charge in [-0.15, -0.1) is 10.2 Å². The zero-order chi connectivity index (χ0) is 15.6. The van der Waals surface area contributed by atoms with E-state index in [0.29, 0.717) is 0 Å². The summed E-state index contributed by atoms with van der Waals surface area (Å²) in [5.74, 6) is -0.376. The fourth-order valence-electron chi connectivity index (χ4n) is 1.64. The molecule has 112 valence electrons. The summed E-state index contributed by atoms with van der Waals surface area (Å²) in [6, 6.07) is 6.04. The number of benzene rings is 1. The largest absolute Gasteiger partial charge is 0.343 e. The number of carbonyl (C=O) groups excluding carboxylic acids is 1. The molecule has 0 aliphatic carbocycles. The molecule has 0 fully saturated rings. The molecule has 9 heteroatoms. The lowest BCUT2D eigenvalue weighted by Gasteiger charge is -2.13. The minimum absolute atomic E-state index is 0.180. The Morgan fingerprint density at radius 3 is 2.38 bits per heavy atom. The minimum Gasteiger partial charge on any atom is -0.343 e. The van der Waals surface area contributed by atoms with Gasteiger partial charge in [-0.3, -0.25) is 4.79 Å². The fourth-order valence-corrected chi connectivity index (χ4v) is 3.00. The third-order valence-electron chi connectivity index (χ3n) is 2.75. The number of halogens is 1. The molecule has 2 rings (SSSR count). The first-order valence-electron chi connectivity index (χ1n) is 5.87. The monoisotopic (exact) mass is 345 g/mol. The second-order valence-corrected chi connectivity index (χ2v) is 7.97. The summed E-state index contributed by atoms with van der Waals surface area (Å²) in [6.07, 6.45) is 1.15. The van der Waals surface area contributed by atoms with Crippen molar-refractivity contribution in [3.05, 3.63) is 39.3 Å². The van der Waals surface area contributed by atoms with E-state index in [-0.39, 0.29) is 26.3 Å². The topological polar surface area (TPSA) is 89.0 Å². The SMILES string of the molecule is CC(NC(=O)c1nnc(Cl)s1)c1ccc(S(C)(=O)=O)cc1. The summed E-state index contributed by atoms with van der Waals surface area (Å²) in [6.45, 7) is 1.79. The molecule has 21 heavy (non-hydrogen) atoms. The molecule has 0 saturated carbocycles. The normalized spacial score (nSPS) is 12.9. The van der Waals surface area contributed by atoms with E-state index < -0.39 is 9.84 Å². The second-order valence-electron chi connectivity index (χ2n) is 4.40. The standard InChI is InChI=1S/C12H12ClN3O3S2/c1-7(14-10(17)11-15-16-12(13)20-11)8-3-5-9(6-4-8)21(2,18)19/h3-7H,1-2H3,(H,14,17). The molecule has 1 amide bonds. The lowest BCUT2D eigenvalue weighted by atomic mass is 10.1. The summed E-state index contributed by atoms with van der Waals surface area (Å²) in [5.41, 5.74) is 0.784. The van der Waals surface area contributed by atoms with E-state index in [4.69, 9.17) is 11.6 Å². The van der Waals surface area contributed by atoms with E-state index in [1.54, 1.807) is 19.1 Å². The van der Waals surface area contributed by atoms with E-state index in [1.165, 1.54) is 12.1 Å². The lowest BCUT2D eigenvalue weighted by Crippen LogP contribution is -2.26. The number of nitrogens with zero attached hydrogens (tertiary/aromatic N) is 2. The first-order chi connectivity index (χ1) is 9.77. The quantitative estimate of drug-likeness (QED) is 0.916. The van der Waals surface area contributed by atoms with E-state index in [2.05, 4.69) is 15.5 Å². The van der Waals surface area contributed by atoms with Crippen LogP contribution in [0.3, 0.4) is 0 Å². The predicted molar refractivity (Wildman–Crippen MR) is 80.4 cm³/mol. The second kappa shape index (κ2) is 6.08. The molecular weight excluding hydrogens is 334 g/mol. The van der Waals surface area contributed by atoms with Gasteiger partial charge in [0, 0.05) is 6.26 Å². The van der Waals surface area contributed by atoms with Crippen LogP contribution in [0.1, 0.15) is 28.3 Å². The van der Waals surface area contributed by atoms with Crippen molar-refractivity contribution in [2.75, 3.05) is 6.26 Å². The van der Waals surface area contributed by atoms with Crippen LogP contribution in [0.5, 0.6) is 0 Å². The van der Waals surface area contributed by atoms with Gasteiger partial charge in [-0.1, -0.05) is 23.5 Å². The number of hydrogen-bond acceptors (Lipinski definition) is 6. The number of amides is 1. The average Bonchev–Trinajstić information content (AvgIpc) is 2.84. The highest BCUT2D eigenvalue weighted by Gasteiger charge is 2.16. The molecule has 1 N–H and O–H groups in total. The predicted octanol–water partition coefficient (Wildman–Crippen LogP) is 2.09. The van der Waals surface area contributed by atoms with Crippen molar-refractivity contribution in [3.8, 4) is 0 Å². The summed E-state index contributed by atoms with van der Waals surface area (Å²) in [5, 5.41) is 10.1. The van der Waals surface area contributed by atoms with Crippen LogP contribution in [0.25, 0.3) is 0 Å². The molecule has 0 saturated heterocycles. The fraction of sp³-hybridized carbons (Fsp3) is 0.250. The number of aromatic nitrogens is 2. The highest BCUT2D eigenvalue weighted by atomic mass is 35.5. The highest BCUT2D eigenvalue weighted by molar-refractivity contribution is 7.90. The Morgan fingerprint density at radius 1 is 1.29 bits per heavy atom. The molecule has 0 aliphatic heterocycles. The molecule has 1 aromatic heterocycles. The number of carbonyl (C=O) groups is 1. The average molecular weight is 346 g/mol. The maximum Gasteiger partial charge on any atom is 0.282 e. The van der Waals surface area contributed by atoms with Gasteiger partial charge in [-0.2, -0.15) is 0 Å². The molecule has 1 unspecified atom stereocenters. The van der Waals surface area contributed by atoms with Gasteiger partial charge in [0.05, 0.1) is 10.9 Å². The van der Waals surface area contributed by atoms with Gasteiger partial charge in [0.2, 0.25) is 9.47 Å². The Bertz CT molecular complexity index is 756. The summed E-state index contributed by atoms with van der Waals surface area (Å²) in [4.78, 5) is 12.1. The lowest BCUT2D eigenvalue weighted by molar-refractivity contribution is 0.0938. The molecule has 2 aromatic rings. The molecule has 1 aromatic carbocycles. The van der Waals surface area contributed by atoms with Gasteiger partial charge >= 0.3 is 0 Å². The zero-order valence-electron chi connectivity index (χ0n) is 11.2. The van der Waals surface area contributed by atoms with Crippen LogP contribution in [0, 0.1) is 0 Å². The molecule has 0 bridgehead atoms. The highest BCUT2D eigenvalue weighted by Crippen LogP contribution is 2.18. The number of hydrogen-bond donors (Lipinski definition) is 1. The van der Waals surface area contributed by atoms with Crippen LogP contribution < -0.4 is 5.32 Å². The van der Waals surface area contributed by atoms with Crippen LogP contribution in [0.4, 0.5) is 0 Å². The van der Waals surface area contributed by atoms with Crippen LogP contribution in [-0.2, 0) is 9.84 Å². The van der Waals surface area contributed by atoms with E-state index in [0.717, 1.165) is 23.2 Å². The molecule has 0 aliphatic rings. The minimum atomic E-state index is -3.23. The summed E-state index contributed by atoms with van der Waals surface area (Å²) < 4.78 is 23.0. The Hall–Kier alpha value is -1.51. The van der Waals surface area contributed by atoms with Crippen molar-refractivity contribution < 1.29 is 13.2 Å². The van der Waals surface area contributed by atoms with Crippen molar-refractivity contribution in [1.82, 2.24) is 15.5 Å². The third-order valence-corrected chi connectivity index (χ3v) is 4.90. The Morgan fingerprint density at radius 2 is 1.90 bits per heavy atom. The molecule has 1 heterocycles. The van der Waals surface area contributed by atoms with Gasteiger partial charge in [-0.05, 0) is 36.2 Å². The Labute approximate surface area is 131 Å². The van der Waals surface area contributed by atoms with Crippen molar-refractivity contribution >= 4 is 38.7 Å². The molecule has 0 radical (unpaired) electrons. The van der Waals surface area contributed by atoms with E-state index >= 15 is 0 Å². The Kier molecular flexibility index (Phi) is 4.60. The van der Waals surface area contributed by atoms with Crippen LogP contribution >= 0.6 is 22.9 Å². The molecular formula is C12H12ClN3O3S2. The molecule has 1 atom stereocenters. The molecule has 6 nitrogen and oxygen atoms in total. The van der Waals surface area contributed by atoms with Crippen LogP contribution in [-0.4, -0.2) is 30.8 Å². The zero-order valence-corrected chi connectivity index (χ0v) is 13.6.